The molecule has 0 aliphatic carbocycles. The molecule has 186 valence electrons. The SMILES string of the molecule is CC(C)c1cnn2c(NC(C)([SiH3])c3nc4cc(Cl)ccc4s3)cc(NC[C@H]3CCNC[C@@H]3O)nc12. The van der Waals surface area contributed by atoms with Crippen LogP contribution in [-0.4, -0.2) is 60.7 Å². The summed E-state index contributed by atoms with van der Waals surface area (Å²) in [5, 5.41) is 26.9. The normalized spacial score (nSPS) is 20.5. The number of fused-ring (bicyclic) bond motifs is 2. The zero-order chi connectivity index (χ0) is 24.7. The fourth-order valence-corrected chi connectivity index (χ4v) is 6.32. The first kappa shape index (κ1) is 24.5. The van der Waals surface area contributed by atoms with Crippen molar-refractivity contribution in [3.05, 3.63) is 46.1 Å². The topological polar surface area (TPSA) is 99.4 Å². The lowest BCUT2D eigenvalue weighted by Gasteiger charge is -2.29. The highest BCUT2D eigenvalue weighted by molar-refractivity contribution is 7.18. The number of aromatic nitrogens is 4. The van der Waals surface area contributed by atoms with Crippen LogP contribution in [-0.2, 0) is 5.16 Å². The summed E-state index contributed by atoms with van der Waals surface area (Å²) < 4.78 is 3.01. The summed E-state index contributed by atoms with van der Waals surface area (Å²) >= 11 is 7.88. The molecule has 1 aromatic carbocycles. The summed E-state index contributed by atoms with van der Waals surface area (Å²) in [5.74, 6) is 2.14. The molecule has 35 heavy (non-hydrogen) atoms. The van der Waals surface area contributed by atoms with E-state index < -0.39 is 0 Å². The van der Waals surface area contributed by atoms with Crippen molar-refractivity contribution in [2.75, 3.05) is 30.3 Å². The number of rotatable bonds is 7. The molecule has 0 radical (unpaired) electrons. The van der Waals surface area contributed by atoms with E-state index in [1.165, 1.54) is 0 Å². The van der Waals surface area contributed by atoms with Crippen LogP contribution in [0.4, 0.5) is 11.6 Å². The van der Waals surface area contributed by atoms with Gasteiger partial charge in [-0.15, -0.1) is 11.3 Å². The number of aliphatic hydroxyl groups is 1. The number of nitrogens with zero attached hydrogens (tertiary/aromatic N) is 4. The molecule has 4 N–H and O–H groups in total. The molecular weight excluding hydrogens is 498 g/mol. The van der Waals surface area contributed by atoms with E-state index in [0.717, 1.165) is 61.3 Å². The summed E-state index contributed by atoms with van der Waals surface area (Å²) in [5.41, 5.74) is 2.86. The molecule has 1 saturated heterocycles. The minimum Gasteiger partial charge on any atom is -0.391 e. The molecule has 3 atom stereocenters. The van der Waals surface area contributed by atoms with Gasteiger partial charge in [-0.3, -0.25) is 0 Å². The van der Waals surface area contributed by atoms with Gasteiger partial charge < -0.3 is 21.1 Å². The Labute approximate surface area is 216 Å². The molecule has 1 aliphatic rings. The molecule has 8 nitrogen and oxygen atoms in total. The van der Waals surface area contributed by atoms with Gasteiger partial charge in [0, 0.05) is 45.9 Å². The molecule has 4 aromatic rings. The maximum absolute atomic E-state index is 10.4. The van der Waals surface area contributed by atoms with Crippen molar-refractivity contribution < 1.29 is 5.11 Å². The Bertz CT molecular complexity index is 1350. The van der Waals surface area contributed by atoms with Gasteiger partial charge in [0.05, 0.1) is 27.7 Å². The summed E-state index contributed by atoms with van der Waals surface area (Å²) in [6.07, 6.45) is 2.49. The average Bonchev–Trinajstić information content (AvgIpc) is 3.43. The van der Waals surface area contributed by atoms with Crippen LogP contribution >= 0.6 is 22.9 Å². The molecule has 0 spiro atoms. The van der Waals surface area contributed by atoms with Crippen molar-refractivity contribution in [3.8, 4) is 0 Å². The van der Waals surface area contributed by atoms with Crippen LogP contribution < -0.4 is 16.0 Å². The minimum absolute atomic E-state index is 0.193. The van der Waals surface area contributed by atoms with Crippen LogP contribution in [0.3, 0.4) is 0 Å². The first-order valence-electron chi connectivity index (χ1n) is 12.1. The highest BCUT2D eigenvalue weighted by Crippen LogP contribution is 2.33. The van der Waals surface area contributed by atoms with Gasteiger partial charge in [-0.05, 0) is 44.0 Å². The number of anilines is 2. The third-order valence-electron chi connectivity index (χ3n) is 6.58. The lowest BCUT2D eigenvalue weighted by Crippen LogP contribution is -2.43. The maximum Gasteiger partial charge on any atom is 0.163 e. The number of piperidine rings is 1. The van der Waals surface area contributed by atoms with Crippen molar-refractivity contribution in [2.24, 2.45) is 5.92 Å². The number of nitrogens with one attached hydrogen (secondary N) is 3. The Balaban J connectivity index is 1.48. The highest BCUT2D eigenvalue weighted by Gasteiger charge is 2.27. The Morgan fingerprint density at radius 1 is 1.34 bits per heavy atom. The molecule has 0 bridgehead atoms. The Kier molecular flexibility index (Phi) is 6.75. The van der Waals surface area contributed by atoms with E-state index in [9.17, 15) is 5.11 Å². The summed E-state index contributed by atoms with van der Waals surface area (Å²) in [7, 11) is 0.822. The van der Waals surface area contributed by atoms with E-state index in [0.29, 0.717) is 24.0 Å². The van der Waals surface area contributed by atoms with E-state index in [1.807, 2.05) is 35.0 Å². The standard InChI is InChI=1S/C24H32ClN7OSSi/c1-13(2)16-11-28-32-21(9-20(30-22(16)32)27-10-14-6-7-26-12-18(14)33)31-24(3,35)23-29-17-8-15(25)4-5-19(17)34-23/h4-5,8-9,11,13-14,18,26,31,33H,6-7,10,12H2,1-3,35H3,(H,27,30)/t14-,18+,24?/m1/s1. The molecule has 11 heteroatoms. The number of thiazole rings is 1. The van der Waals surface area contributed by atoms with Crippen LogP contribution in [0.2, 0.25) is 5.02 Å². The fraction of sp³-hybridized carbons (Fsp3) is 0.458. The Morgan fingerprint density at radius 2 is 2.17 bits per heavy atom. The van der Waals surface area contributed by atoms with Gasteiger partial charge >= 0.3 is 0 Å². The van der Waals surface area contributed by atoms with Crippen LogP contribution in [0.5, 0.6) is 0 Å². The van der Waals surface area contributed by atoms with Gasteiger partial charge in [0.2, 0.25) is 0 Å². The number of aliphatic hydroxyl groups excluding tert-OH is 1. The number of β-amino-alcohol motifs (C(OH)–C–C–N with tert-alkyl or cyclic N) is 1. The number of benzene rings is 1. The van der Waals surface area contributed by atoms with Crippen LogP contribution in [0, 0.1) is 5.92 Å². The highest BCUT2D eigenvalue weighted by atomic mass is 35.5. The number of hydrogen-bond acceptors (Lipinski definition) is 8. The van der Waals surface area contributed by atoms with Gasteiger partial charge in [-0.25, -0.2) is 9.97 Å². The molecule has 1 unspecified atom stereocenters. The molecule has 1 fully saturated rings. The van der Waals surface area contributed by atoms with E-state index in [2.05, 4.69) is 41.8 Å². The largest absolute Gasteiger partial charge is 0.391 e. The van der Waals surface area contributed by atoms with Crippen molar-refractivity contribution in [1.29, 1.82) is 0 Å². The quantitative estimate of drug-likeness (QED) is 0.273. The third-order valence-corrected chi connectivity index (χ3v) is 9.26. The van der Waals surface area contributed by atoms with Gasteiger partial charge in [-0.2, -0.15) is 9.61 Å². The van der Waals surface area contributed by atoms with E-state index in [4.69, 9.17) is 21.6 Å². The molecular formula is C24H32ClN7OSSi. The first-order chi connectivity index (χ1) is 16.7. The molecule has 1 aliphatic heterocycles. The molecule has 5 rings (SSSR count). The molecule has 0 saturated carbocycles. The monoisotopic (exact) mass is 529 g/mol. The average molecular weight is 530 g/mol. The molecule has 4 heterocycles. The van der Waals surface area contributed by atoms with Crippen LogP contribution in [0.15, 0.2) is 30.5 Å². The summed E-state index contributed by atoms with van der Waals surface area (Å²) in [6, 6.07) is 7.86. The maximum atomic E-state index is 10.4. The zero-order valence-corrected chi connectivity index (χ0v) is 24.0. The van der Waals surface area contributed by atoms with Crippen LogP contribution in [0.25, 0.3) is 15.9 Å². The predicted molar refractivity (Wildman–Crippen MR) is 148 cm³/mol. The van der Waals surface area contributed by atoms with Crippen molar-refractivity contribution in [3.63, 3.8) is 0 Å². The predicted octanol–water partition coefficient (Wildman–Crippen LogP) is 3.15. The van der Waals surface area contributed by atoms with Crippen molar-refractivity contribution in [2.45, 2.75) is 44.4 Å². The lowest BCUT2D eigenvalue weighted by atomic mass is 9.95. The molecule has 0 amide bonds. The first-order valence-corrected chi connectivity index (χ1v) is 14.3. The smallest absolute Gasteiger partial charge is 0.163 e. The molecule has 3 aromatic heterocycles. The number of halogens is 1. The number of hydrogen-bond donors (Lipinski definition) is 4. The Morgan fingerprint density at radius 3 is 2.94 bits per heavy atom. The third kappa shape index (κ3) is 5.03. The second-order valence-electron chi connectivity index (χ2n) is 10.1. The van der Waals surface area contributed by atoms with Gasteiger partial charge in [0.15, 0.2) is 5.65 Å². The minimum atomic E-state index is -0.351. The second-order valence-corrected chi connectivity index (χ2v) is 13.6. The van der Waals surface area contributed by atoms with Gasteiger partial charge in [0.1, 0.15) is 16.6 Å². The fourth-order valence-electron chi connectivity index (χ4n) is 4.48. The second kappa shape index (κ2) is 9.66. The lowest BCUT2D eigenvalue weighted by molar-refractivity contribution is 0.0883. The van der Waals surface area contributed by atoms with Crippen LogP contribution in [0.1, 0.15) is 43.7 Å². The van der Waals surface area contributed by atoms with E-state index >= 15 is 0 Å². The summed E-state index contributed by atoms with van der Waals surface area (Å²) in [4.78, 5) is 9.80. The van der Waals surface area contributed by atoms with E-state index in [1.54, 1.807) is 11.3 Å². The zero-order valence-electron chi connectivity index (χ0n) is 20.5. The van der Waals surface area contributed by atoms with Gasteiger partial charge in [-0.1, -0.05) is 25.4 Å². The van der Waals surface area contributed by atoms with Crippen molar-refractivity contribution in [1.82, 2.24) is 24.9 Å². The van der Waals surface area contributed by atoms with Crippen molar-refractivity contribution >= 4 is 60.7 Å². The Hall–Kier alpha value is -2.24. The summed E-state index contributed by atoms with van der Waals surface area (Å²) in [6.45, 7) is 8.72. The van der Waals surface area contributed by atoms with E-state index in [-0.39, 0.29) is 17.2 Å². The van der Waals surface area contributed by atoms with Gasteiger partial charge in [0.25, 0.3) is 0 Å².